The molecule has 3 heterocycles. The number of amides is 1. The SMILES string of the molecule is N=Cc1c(N)cccc1-c1nc(N2CCOCC2)c2sc(CNCC(N)=O)cc2n1. The van der Waals surface area contributed by atoms with Gasteiger partial charge in [0, 0.05) is 47.5 Å². The van der Waals surface area contributed by atoms with Crippen LogP contribution in [0, 0.1) is 5.41 Å². The van der Waals surface area contributed by atoms with Crippen LogP contribution in [0.3, 0.4) is 0 Å². The van der Waals surface area contributed by atoms with E-state index in [0.717, 1.165) is 39.6 Å². The highest BCUT2D eigenvalue weighted by molar-refractivity contribution is 7.19. The lowest BCUT2D eigenvalue weighted by atomic mass is 10.1. The van der Waals surface area contributed by atoms with Crippen molar-refractivity contribution in [2.45, 2.75) is 6.54 Å². The fourth-order valence-electron chi connectivity index (χ4n) is 3.41. The molecule has 1 amide bonds. The number of ether oxygens (including phenoxy) is 1. The van der Waals surface area contributed by atoms with E-state index < -0.39 is 5.91 Å². The van der Waals surface area contributed by atoms with Crippen LogP contribution in [0.5, 0.6) is 0 Å². The summed E-state index contributed by atoms with van der Waals surface area (Å²) >= 11 is 1.59. The number of rotatable bonds is 7. The van der Waals surface area contributed by atoms with Gasteiger partial charge in [0.25, 0.3) is 0 Å². The first-order valence-electron chi connectivity index (χ1n) is 9.58. The molecule has 0 aliphatic carbocycles. The highest BCUT2D eigenvalue weighted by Crippen LogP contribution is 2.35. The number of primary amides is 1. The molecule has 0 bridgehead atoms. The van der Waals surface area contributed by atoms with Gasteiger partial charge in [-0.25, -0.2) is 9.97 Å². The largest absolute Gasteiger partial charge is 0.398 e. The van der Waals surface area contributed by atoms with Crippen LogP contribution in [0.15, 0.2) is 24.3 Å². The zero-order chi connectivity index (χ0) is 21.1. The minimum atomic E-state index is -0.395. The van der Waals surface area contributed by atoms with Crippen molar-refractivity contribution in [2.75, 3.05) is 43.5 Å². The maximum atomic E-state index is 11.0. The number of nitrogen functional groups attached to an aromatic ring is 1. The van der Waals surface area contributed by atoms with Crippen molar-refractivity contribution in [3.05, 3.63) is 34.7 Å². The van der Waals surface area contributed by atoms with Gasteiger partial charge in [0.1, 0.15) is 0 Å². The third-order valence-electron chi connectivity index (χ3n) is 4.84. The van der Waals surface area contributed by atoms with Crippen molar-refractivity contribution in [3.8, 4) is 11.4 Å². The molecule has 1 fully saturated rings. The molecule has 10 heteroatoms. The van der Waals surface area contributed by atoms with Gasteiger partial charge >= 0.3 is 0 Å². The Morgan fingerprint density at radius 2 is 2.13 bits per heavy atom. The number of carbonyl (C=O) groups excluding carboxylic acids is 1. The molecular weight excluding hydrogens is 402 g/mol. The van der Waals surface area contributed by atoms with Gasteiger partial charge in [-0.05, 0) is 12.1 Å². The quantitative estimate of drug-likeness (QED) is 0.330. The molecule has 1 aliphatic heterocycles. The number of hydrogen-bond acceptors (Lipinski definition) is 9. The van der Waals surface area contributed by atoms with Crippen LogP contribution < -0.4 is 21.7 Å². The van der Waals surface area contributed by atoms with Crippen molar-refractivity contribution in [2.24, 2.45) is 5.73 Å². The summed E-state index contributed by atoms with van der Waals surface area (Å²) in [5.74, 6) is 0.986. The van der Waals surface area contributed by atoms with Crippen LogP contribution in [0.2, 0.25) is 0 Å². The van der Waals surface area contributed by atoms with Crippen LogP contribution >= 0.6 is 11.3 Å². The molecule has 1 aromatic carbocycles. The fourth-order valence-corrected chi connectivity index (χ4v) is 4.49. The number of nitrogens with one attached hydrogen (secondary N) is 2. The van der Waals surface area contributed by atoms with Gasteiger partial charge in [0.15, 0.2) is 11.6 Å². The van der Waals surface area contributed by atoms with E-state index in [4.69, 9.17) is 31.6 Å². The van der Waals surface area contributed by atoms with E-state index in [0.29, 0.717) is 36.8 Å². The van der Waals surface area contributed by atoms with Crippen molar-refractivity contribution < 1.29 is 9.53 Å². The maximum Gasteiger partial charge on any atom is 0.231 e. The summed E-state index contributed by atoms with van der Waals surface area (Å²) in [4.78, 5) is 23.9. The van der Waals surface area contributed by atoms with E-state index in [-0.39, 0.29) is 6.54 Å². The normalized spacial score (nSPS) is 14.2. The highest BCUT2D eigenvalue weighted by Gasteiger charge is 2.21. The molecule has 1 aliphatic rings. The number of hydrogen-bond donors (Lipinski definition) is 4. The smallest absolute Gasteiger partial charge is 0.231 e. The molecule has 9 nitrogen and oxygen atoms in total. The first-order chi connectivity index (χ1) is 14.6. The van der Waals surface area contributed by atoms with Crippen molar-refractivity contribution in [1.29, 1.82) is 5.41 Å². The van der Waals surface area contributed by atoms with Gasteiger partial charge in [-0.2, -0.15) is 0 Å². The molecule has 1 saturated heterocycles. The molecule has 0 radical (unpaired) electrons. The topological polar surface area (TPSA) is 143 Å². The summed E-state index contributed by atoms with van der Waals surface area (Å²) in [5.41, 5.74) is 13.9. The summed E-state index contributed by atoms with van der Waals surface area (Å²) in [6.07, 6.45) is 1.24. The molecule has 4 rings (SSSR count). The molecular formula is C20H23N7O2S. The highest BCUT2D eigenvalue weighted by atomic mass is 32.1. The summed E-state index contributed by atoms with van der Waals surface area (Å²) in [6.45, 7) is 3.41. The monoisotopic (exact) mass is 425 g/mol. The lowest BCUT2D eigenvalue weighted by Crippen LogP contribution is -2.36. The van der Waals surface area contributed by atoms with Gasteiger partial charge in [0.05, 0.1) is 30.0 Å². The Hall–Kier alpha value is -3.08. The number of nitrogens with two attached hydrogens (primary N) is 2. The van der Waals surface area contributed by atoms with Gasteiger partial charge < -0.3 is 31.8 Å². The van der Waals surface area contributed by atoms with E-state index in [2.05, 4.69) is 10.2 Å². The second kappa shape index (κ2) is 8.74. The molecule has 0 atom stereocenters. The van der Waals surface area contributed by atoms with Crippen LogP contribution in [0.1, 0.15) is 10.4 Å². The number of thiophene rings is 1. The summed E-state index contributed by atoms with van der Waals surface area (Å²) in [5, 5.41) is 10.8. The first-order valence-corrected chi connectivity index (χ1v) is 10.4. The summed E-state index contributed by atoms with van der Waals surface area (Å²) in [6, 6.07) is 7.48. The molecule has 156 valence electrons. The van der Waals surface area contributed by atoms with Gasteiger partial charge in [-0.1, -0.05) is 12.1 Å². The molecule has 6 N–H and O–H groups in total. The number of morpholine rings is 1. The Balaban J connectivity index is 1.81. The lowest BCUT2D eigenvalue weighted by molar-refractivity contribution is -0.117. The van der Waals surface area contributed by atoms with E-state index in [9.17, 15) is 4.79 Å². The second-order valence-electron chi connectivity index (χ2n) is 6.92. The number of aromatic nitrogens is 2. The average molecular weight is 426 g/mol. The molecule has 0 spiro atoms. The van der Waals surface area contributed by atoms with E-state index >= 15 is 0 Å². The average Bonchev–Trinajstić information content (AvgIpc) is 3.16. The van der Waals surface area contributed by atoms with Crippen LogP contribution in [-0.2, 0) is 16.1 Å². The van der Waals surface area contributed by atoms with Crippen molar-refractivity contribution >= 4 is 45.2 Å². The Labute approximate surface area is 177 Å². The second-order valence-corrected chi connectivity index (χ2v) is 8.06. The number of nitrogens with zero attached hydrogens (tertiary/aromatic N) is 3. The van der Waals surface area contributed by atoms with Gasteiger partial charge in [-0.15, -0.1) is 11.3 Å². The number of fused-ring (bicyclic) bond motifs is 1. The van der Waals surface area contributed by atoms with Crippen molar-refractivity contribution in [3.63, 3.8) is 0 Å². The van der Waals surface area contributed by atoms with E-state index in [1.165, 1.54) is 6.21 Å². The Bertz CT molecular complexity index is 1090. The summed E-state index contributed by atoms with van der Waals surface area (Å²) < 4.78 is 6.48. The Morgan fingerprint density at radius 1 is 1.33 bits per heavy atom. The fraction of sp³-hybridized carbons (Fsp3) is 0.300. The third-order valence-corrected chi connectivity index (χ3v) is 5.96. The number of benzene rings is 1. The predicted octanol–water partition coefficient (Wildman–Crippen LogP) is 1.35. The minimum Gasteiger partial charge on any atom is -0.398 e. The maximum absolute atomic E-state index is 11.0. The number of anilines is 2. The first kappa shape index (κ1) is 20.2. The van der Waals surface area contributed by atoms with Crippen LogP contribution in [-0.4, -0.2) is 54.9 Å². The molecule has 0 unspecified atom stereocenters. The Kier molecular flexibility index (Phi) is 5.88. The molecule has 30 heavy (non-hydrogen) atoms. The van der Waals surface area contributed by atoms with Gasteiger partial charge in [-0.3, -0.25) is 4.79 Å². The molecule has 3 aromatic rings. The molecule has 2 aromatic heterocycles. The predicted molar refractivity (Wildman–Crippen MR) is 119 cm³/mol. The van der Waals surface area contributed by atoms with Crippen LogP contribution in [0.4, 0.5) is 11.5 Å². The zero-order valence-electron chi connectivity index (χ0n) is 16.4. The standard InChI is InChI=1S/C20H23N7O2S/c21-9-14-13(2-1-3-15(14)22)19-25-16-8-12(10-24-11-17(23)28)30-18(16)20(26-19)27-4-6-29-7-5-27/h1-3,8-9,21,24H,4-7,10-11,22H2,(H2,23,28). The molecule has 0 saturated carbocycles. The van der Waals surface area contributed by atoms with Gasteiger partial charge in [0.2, 0.25) is 5.91 Å². The lowest BCUT2D eigenvalue weighted by Gasteiger charge is -2.28. The van der Waals surface area contributed by atoms with Crippen molar-refractivity contribution in [1.82, 2.24) is 15.3 Å². The third kappa shape index (κ3) is 4.11. The van der Waals surface area contributed by atoms with E-state index in [1.54, 1.807) is 17.4 Å². The Morgan fingerprint density at radius 3 is 2.87 bits per heavy atom. The number of carbonyl (C=O) groups is 1. The zero-order valence-corrected chi connectivity index (χ0v) is 17.2. The minimum absolute atomic E-state index is 0.119. The van der Waals surface area contributed by atoms with E-state index in [1.807, 2.05) is 18.2 Å². The summed E-state index contributed by atoms with van der Waals surface area (Å²) in [7, 11) is 0. The van der Waals surface area contributed by atoms with Crippen LogP contribution in [0.25, 0.3) is 21.6 Å².